The van der Waals surface area contributed by atoms with Crippen LogP contribution in [0.1, 0.15) is 28.6 Å². The van der Waals surface area contributed by atoms with Crippen LogP contribution in [-0.4, -0.2) is 5.11 Å². The van der Waals surface area contributed by atoms with Crippen LogP contribution >= 0.6 is 11.6 Å². The quantitative estimate of drug-likeness (QED) is 0.898. The zero-order chi connectivity index (χ0) is 12.4. The number of aliphatic hydroxyl groups excluding tert-OH is 1. The minimum absolute atomic E-state index is 0.499. The first-order valence-electron chi connectivity index (χ1n) is 5.55. The standard InChI is InChI=1S/C14H15ClO2/c1-9-3-4-11(13(15)7-9)8-14(16)12-5-6-17-10(12)2/h3-7,14,16H,8H2,1-2H3. The number of hydrogen-bond acceptors (Lipinski definition) is 2. The molecule has 1 atom stereocenters. The Balaban J connectivity index is 2.19. The molecule has 0 saturated heterocycles. The number of rotatable bonds is 3. The van der Waals surface area contributed by atoms with Crippen molar-refractivity contribution in [1.82, 2.24) is 0 Å². The lowest BCUT2D eigenvalue weighted by atomic mass is 10.0. The van der Waals surface area contributed by atoms with Gasteiger partial charge >= 0.3 is 0 Å². The largest absolute Gasteiger partial charge is 0.469 e. The molecule has 1 unspecified atom stereocenters. The summed E-state index contributed by atoms with van der Waals surface area (Å²) >= 11 is 6.14. The van der Waals surface area contributed by atoms with Gasteiger partial charge in [-0.2, -0.15) is 0 Å². The Labute approximate surface area is 106 Å². The number of halogens is 1. The molecule has 2 aromatic rings. The highest BCUT2D eigenvalue weighted by Crippen LogP contribution is 2.26. The minimum Gasteiger partial charge on any atom is -0.469 e. The molecule has 0 amide bonds. The second-order valence-electron chi connectivity index (χ2n) is 4.25. The predicted octanol–water partition coefficient (Wildman–Crippen LogP) is 3.83. The van der Waals surface area contributed by atoms with E-state index in [0.29, 0.717) is 11.4 Å². The number of benzene rings is 1. The molecular formula is C14H15ClO2. The first-order chi connectivity index (χ1) is 8.08. The molecule has 17 heavy (non-hydrogen) atoms. The van der Waals surface area contributed by atoms with Gasteiger partial charge in [-0.25, -0.2) is 0 Å². The van der Waals surface area contributed by atoms with Gasteiger partial charge in [-0.3, -0.25) is 0 Å². The van der Waals surface area contributed by atoms with E-state index < -0.39 is 6.10 Å². The van der Waals surface area contributed by atoms with E-state index in [9.17, 15) is 5.11 Å². The van der Waals surface area contributed by atoms with Crippen molar-refractivity contribution in [3.8, 4) is 0 Å². The van der Waals surface area contributed by atoms with Crippen molar-refractivity contribution in [3.63, 3.8) is 0 Å². The summed E-state index contributed by atoms with van der Waals surface area (Å²) in [5.74, 6) is 0.751. The summed E-state index contributed by atoms with van der Waals surface area (Å²) in [4.78, 5) is 0. The van der Waals surface area contributed by atoms with Crippen LogP contribution in [0.25, 0.3) is 0 Å². The van der Waals surface area contributed by atoms with Gasteiger partial charge in [-0.05, 0) is 37.1 Å². The average molecular weight is 251 g/mol. The Hall–Kier alpha value is -1.25. The van der Waals surface area contributed by atoms with E-state index >= 15 is 0 Å². The van der Waals surface area contributed by atoms with Crippen LogP contribution in [-0.2, 0) is 6.42 Å². The van der Waals surface area contributed by atoms with E-state index in [-0.39, 0.29) is 0 Å². The fourth-order valence-electron chi connectivity index (χ4n) is 1.88. The molecule has 2 rings (SSSR count). The fourth-order valence-corrected chi connectivity index (χ4v) is 2.19. The summed E-state index contributed by atoms with van der Waals surface area (Å²) in [6, 6.07) is 7.65. The van der Waals surface area contributed by atoms with Gasteiger partial charge in [0.15, 0.2) is 0 Å². The van der Waals surface area contributed by atoms with Gasteiger partial charge in [0, 0.05) is 17.0 Å². The molecule has 0 spiro atoms. The smallest absolute Gasteiger partial charge is 0.106 e. The Bertz CT molecular complexity index is 517. The molecule has 1 aromatic carbocycles. The number of hydrogen-bond donors (Lipinski definition) is 1. The number of furan rings is 1. The van der Waals surface area contributed by atoms with Gasteiger partial charge in [0.1, 0.15) is 5.76 Å². The third-order valence-corrected chi connectivity index (χ3v) is 3.23. The molecule has 1 aromatic heterocycles. The molecule has 0 saturated carbocycles. The van der Waals surface area contributed by atoms with Crippen molar-refractivity contribution in [2.75, 3.05) is 0 Å². The van der Waals surface area contributed by atoms with Crippen LogP contribution in [0, 0.1) is 13.8 Å². The van der Waals surface area contributed by atoms with Crippen molar-refractivity contribution in [3.05, 3.63) is 58.0 Å². The second-order valence-corrected chi connectivity index (χ2v) is 4.65. The zero-order valence-corrected chi connectivity index (χ0v) is 10.7. The van der Waals surface area contributed by atoms with E-state index in [1.807, 2.05) is 32.0 Å². The topological polar surface area (TPSA) is 33.4 Å². The lowest BCUT2D eigenvalue weighted by Gasteiger charge is -2.11. The fraction of sp³-hybridized carbons (Fsp3) is 0.286. The van der Waals surface area contributed by atoms with Crippen molar-refractivity contribution in [2.45, 2.75) is 26.4 Å². The van der Waals surface area contributed by atoms with Crippen LogP contribution in [0.15, 0.2) is 34.9 Å². The Morgan fingerprint density at radius 1 is 1.29 bits per heavy atom. The van der Waals surface area contributed by atoms with Crippen molar-refractivity contribution in [1.29, 1.82) is 0 Å². The minimum atomic E-state index is -0.575. The van der Waals surface area contributed by atoms with E-state index in [0.717, 1.165) is 22.5 Å². The SMILES string of the molecule is Cc1ccc(CC(O)c2ccoc2C)c(Cl)c1. The normalized spacial score (nSPS) is 12.7. The van der Waals surface area contributed by atoms with Gasteiger partial charge in [0.25, 0.3) is 0 Å². The maximum absolute atomic E-state index is 10.1. The molecular weight excluding hydrogens is 236 g/mol. The van der Waals surface area contributed by atoms with Crippen LogP contribution in [0.3, 0.4) is 0 Å². The predicted molar refractivity (Wildman–Crippen MR) is 68.3 cm³/mol. The molecule has 3 heteroatoms. The third kappa shape index (κ3) is 2.71. The molecule has 1 heterocycles. The molecule has 0 aliphatic rings. The summed E-state index contributed by atoms with van der Waals surface area (Å²) < 4.78 is 5.18. The lowest BCUT2D eigenvalue weighted by molar-refractivity contribution is 0.176. The lowest BCUT2D eigenvalue weighted by Crippen LogP contribution is -2.02. The van der Waals surface area contributed by atoms with Gasteiger partial charge in [-0.1, -0.05) is 23.7 Å². The molecule has 0 bridgehead atoms. The molecule has 0 radical (unpaired) electrons. The highest BCUT2D eigenvalue weighted by Gasteiger charge is 2.14. The summed E-state index contributed by atoms with van der Waals surface area (Å²) in [7, 11) is 0. The van der Waals surface area contributed by atoms with E-state index in [1.54, 1.807) is 12.3 Å². The highest BCUT2D eigenvalue weighted by molar-refractivity contribution is 6.31. The maximum atomic E-state index is 10.1. The summed E-state index contributed by atoms with van der Waals surface area (Å²) in [5, 5.41) is 10.8. The third-order valence-electron chi connectivity index (χ3n) is 2.88. The van der Waals surface area contributed by atoms with E-state index in [1.165, 1.54) is 0 Å². The maximum Gasteiger partial charge on any atom is 0.106 e. The van der Waals surface area contributed by atoms with Crippen LogP contribution in [0.2, 0.25) is 5.02 Å². The van der Waals surface area contributed by atoms with Crippen molar-refractivity contribution >= 4 is 11.6 Å². The van der Waals surface area contributed by atoms with E-state index in [4.69, 9.17) is 16.0 Å². The highest BCUT2D eigenvalue weighted by atomic mass is 35.5. The number of aliphatic hydroxyl groups is 1. The van der Waals surface area contributed by atoms with Crippen LogP contribution < -0.4 is 0 Å². The van der Waals surface area contributed by atoms with Crippen LogP contribution in [0.5, 0.6) is 0 Å². The monoisotopic (exact) mass is 250 g/mol. The van der Waals surface area contributed by atoms with E-state index in [2.05, 4.69) is 0 Å². The summed E-state index contributed by atoms with van der Waals surface area (Å²) in [6.45, 7) is 3.83. The van der Waals surface area contributed by atoms with Crippen LogP contribution in [0.4, 0.5) is 0 Å². The molecule has 1 N–H and O–H groups in total. The summed E-state index contributed by atoms with van der Waals surface area (Å²) in [5.41, 5.74) is 2.89. The molecule has 0 fully saturated rings. The zero-order valence-electron chi connectivity index (χ0n) is 9.90. The summed E-state index contributed by atoms with van der Waals surface area (Å²) in [6.07, 6.45) is 1.51. The Kier molecular flexibility index (Phi) is 3.55. The molecule has 90 valence electrons. The van der Waals surface area contributed by atoms with Gasteiger partial charge in [0.05, 0.1) is 12.4 Å². The van der Waals surface area contributed by atoms with Crippen molar-refractivity contribution in [2.24, 2.45) is 0 Å². The first-order valence-corrected chi connectivity index (χ1v) is 5.93. The average Bonchev–Trinajstić information content (AvgIpc) is 2.68. The van der Waals surface area contributed by atoms with Crippen molar-refractivity contribution < 1.29 is 9.52 Å². The number of aryl methyl sites for hydroxylation is 2. The second kappa shape index (κ2) is 4.94. The first kappa shape index (κ1) is 12.2. The molecule has 2 nitrogen and oxygen atoms in total. The molecule has 0 aliphatic carbocycles. The van der Waals surface area contributed by atoms with Gasteiger partial charge < -0.3 is 9.52 Å². The Morgan fingerprint density at radius 3 is 2.65 bits per heavy atom. The van der Waals surface area contributed by atoms with Gasteiger partial charge in [0.2, 0.25) is 0 Å². The molecule has 0 aliphatic heterocycles. The van der Waals surface area contributed by atoms with Gasteiger partial charge in [-0.15, -0.1) is 0 Å². The Morgan fingerprint density at radius 2 is 2.06 bits per heavy atom.